The van der Waals surface area contributed by atoms with E-state index in [4.69, 9.17) is 1.37 Å². The molecule has 0 amide bonds. The average Bonchev–Trinajstić information content (AvgIpc) is 2.28. The summed E-state index contributed by atoms with van der Waals surface area (Å²) in [6.45, 7) is 6.78. The highest BCUT2D eigenvalue weighted by Crippen LogP contribution is 2.40. The van der Waals surface area contributed by atoms with Crippen LogP contribution in [0.4, 0.5) is 0 Å². The summed E-state index contributed by atoms with van der Waals surface area (Å²) in [6.07, 6.45) is 3.92. The minimum Gasteiger partial charge on any atom is -0.0651 e. The summed E-state index contributed by atoms with van der Waals surface area (Å²) in [7, 11) is 0. The van der Waals surface area contributed by atoms with E-state index in [0.29, 0.717) is 5.92 Å². The molecule has 1 aliphatic rings. The molecule has 4 atom stereocenters. The highest BCUT2D eigenvalue weighted by atomic mass is 14.3. The summed E-state index contributed by atoms with van der Waals surface area (Å²) in [5.74, 6) is 2.32. The summed E-state index contributed by atoms with van der Waals surface area (Å²) in [5.41, 5.74) is 0. The van der Waals surface area contributed by atoms with E-state index in [1.807, 2.05) is 0 Å². The Morgan fingerprint density at radius 3 is 2.50 bits per heavy atom. The van der Waals surface area contributed by atoms with Crippen molar-refractivity contribution in [2.45, 2.75) is 46.4 Å². The zero-order valence-electron chi connectivity index (χ0n) is 8.43. The first-order chi connectivity index (χ1) is 5.20. The molecule has 1 fully saturated rings. The fourth-order valence-electron chi connectivity index (χ4n) is 2.34. The van der Waals surface area contributed by atoms with Crippen molar-refractivity contribution in [1.29, 1.82) is 0 Å². The summed E-state index contributed by atoms with van der Waals surface area (Å²) >= 11 is 0. The van der Waals surface area contributed by atoms with Gasteiger partial charge in [-0.1, -0.05) is 40.0 Å². The van der Waals surface area contributed by atoms with Crippen LogP contribution in [0.25, 0.3) is 0 Å². The maximum absolute atomic E-state index is 7.81. The maximum Gasteiger partial charge on any atom is 0.0269 e. The molecule has 1 saturated carbocycles. The summed E-state index contributed by atoms with van der Waals surface area (Å²) in [4.78, 5) is 0. The molecule has 0 aromatic heterocycles. The third kappa shape index (κ3) is 1.36. The van der Waals surface area contributed by atoms with Crippen molar-refractivity contribution < 1.29 is 1.37 Å². The lowest BCUT2D eigenvalue weighted by Crippen LogP contribution is -2.10. The van der Waals surface area contributed by atoms with Gasteiger partial charge in [-0.15, -0.1) is 0 Å². The third-order valence-corrected chi connectivity index (χ3v) is 3.09. The Morgan fingerprint density at radius 1 is 1.40 bits per heavy atom. The molecule has 1 aliphatic carbocycles. The quantitative estimate of drug-likeness (QED) is 0.552. The first-order valence-corrected chi connectivity index (χ1v) is 4.62. The van der Waals surface area contributed by atoms with Crippen LogP contribution in [-0.4, -0.2) is 0 Å². The van der Waals surface area contributed by atoms with E-state index in [1.54, 1.807) is 0 Å². The van der Waals surface area contributed by atoms with Gasteiger partial charge in [0.05, 0.1) is 0 Å². The molecule has 0 saturated heterocycles. The van der Waals surface area contributed by atoms with Gasteiger partial charge < -0.3 is 0 Å². The van der Waals surface area contributed by atoms with Gasteiger partial charge in [-0.2, -0.15) is 0 Å². The zero-order valence-corrected chi connectivity index (χ0v) is 7.43. The summed E-state index contributed by atoms with van der Waals surface area (Å²) in [6, 6.07) is 0. The van der Waals surface area contributed by atoms with Gasteiger partial charge in [0.25, 0.3) is 0 Å². The van der Waals surface area contributed by atoms with Crippen LogP contribution in [0.15, 0.2) is 0 Å². The lowest BCUT2D eigenvalue weighted by Gasteiger charge is -2.19. The monoisotopic (exact) mass is 141 g/mol. The smallest absolute Gasteiger partial charge is 0.0269 e. The molecule has 10 heavy (non-hydrogen) atoms. The number of hydrogen-bond donors (Lipinski definition) is 0. The second-order valence-electron chi connectivity index (χ2n) is 3.57. The zero-order chi connectivity index (χ0) is 8.43. The predicted octanol–water partition coefficient (Wildman–Crippen LogP) is 3.47. The van der Waals surface area contributed by atoms with Gasteiger partial charge >= 0.3 is 0 Å². The topological polar surface area (TPSA) is 0 Å². The van der Waals surface area contributed by atoms with Gasteiger partial charge in [-0.25, -0.2) is 0 Å². The molecule has 60 valence electrons. The fourth-order valence-corrected chi connectivity index (χ4v) is 2.34. The molecule has 0 nitrogen and oxygen atoms in total. The van der Waals surface area contributed by atoms with Crippen molar-refractivity contribution in [1.82, 2.24) is 0 Å². The van der Waals surface area contributed by atoms with Crippen LogP contribution in [0, 0.1) is 17.8 Å². The molecule has 0 heteroatoms. The molecule has 0 aliphatic heterocycles. The fraction of sp³-hybridized carbons (Fsp3) is 1.00. The Morgan fingerprint density at radius 2 is 2.10 bits per heavy atom. The minimum atomic E-state index is 0.227. The summed E-state index contributed by atoms with van der Waals surface area (Å²) < 4.78 is 7.81. The highest BCUT2D eigenvalue weighted by molar-refractivity contribution is 4.80. The maximum atomic E-state index is 7.81. The molecule has 0 aromatic carbocycles. The molecular formula is C10H20. The van der Waals surface area contributed by atoms with Crippen LogP contribution in [0.5, 0.6) is 0 Å². The first kappa shape index (κ1) is 6.69. The van der Waals surface area contributed by atoms with E-state index < -0.39 is 0 Å². The van der Waals surface area contributed by atoms with Crippen molar-refractivity contribution in [3.8, 4) is 0 Å². The number of rotatable bonds is 2. The van der Waals surface area contributed by atoms with Gasteiger partial charge in [0.15, 0.2) is 0 Å². The second kappa shape index (κ2) is 3.41. The van der Waals surface area contributed by atoms with Crippen molar-refractivity contribution in [3.05, 3.63) is 0 Å². The van der Waals surface area contributed by atoms with Gasteiger partial charge in [-0.3, -0.25) is 0 Å². The van der Waals surface area contributed by atoms with Crippen molar-refractivity contribution in [2.24, 2.45) is 17.8 Å². The van der Waals surface area contributed by atoms with Crippen LogP contribution in [0.3, 0.4) is 0 Å². The van der Waals surface area contributed by atoms with Crippen LogP contribution < -0.4 is 0 Å². The Balaban J connectivity index is 2.57. The predicted molar refractivity (Wildman–Crippen MR) is 46.0 cm³/mol. The van der Waals surface area contributed by atoms with Gasteiger partial charge in [0.2, 0.25) is 0 Å². The second-order valence-corrected chi connectivity index (χ2v) is 3.57. The normalized spacial score (nSPS) is 49.3. The third-order valence-electron chi connectivity index (χ3n) is 3.09. The SMILES string of the molecule is [2H]C1CC(CC)C(CC)C1C. The van der Waals surface area contributed by atoms with Crippen molar-refractivity contribution in [2.75, 3.05) is 0 Å². The molecule has 4 unspecified atom stereocenters. The molecular weight excluding hydrogens is 120 g/mol. The van der Waals surface area contributed by atoms with Gasteiger partial charge in [-0.05, 0) is 24.2 Å². The van der Waals surface area contributed by atoms with Crippen LogP contribution in [-0.2, 0) is 0 Å². The number of hydrogen-bond acceptors (Lipinski definition) is 0. The van der Waals surface area contributed by atoms with E-state index in [1.165, 1.54) is 12.8 Å². The van der Waals surface area contributed by atoms with E-state index in [2.05, 4.69) is 20.8 Å². The lowest BCUT2D eigenvalue weighted by molar-refractivity contribution is 0.310. The average molecular weight is 141 g/mol. The molecule has 0 N–H and O–H groups in total. The van der Waals surface area contributed by atoms with Gasteiger partial charge in [0.1, 0.15) is 0 Å². The van der Waals surface area contributed by atoms with Crippen molar-refractivity contribution in [3.63, 3.8) is 0 Å². The minimum absolute atomic E-state index is 0.227. The standard InChI is InChI=1S/C10H20/c1-4-9-7-6-8(3)10(9)5-2/h8-10H,4-7H2,1-3H3/i6D. The van der Waals surface area contributed by atoms with Crippen LogP contribution in [0.2, 0.25) is 0 Å². The first-order valence-electron chi connectivity index (χ1n) is 5.20. The molecule has 0 bridgehead atoms. The Kier molecular flexibility index (Phi) is 2.28. The largest absolute Gasteiger partial charge is 0.0651 e. The highest BCUT2D eigenvalue weighted by Gasteiger charge is 2.29. The van der Waals surface area contributed by atoms with Crippen molar-refractivity contribution >= 4 is 0 Å². The Labute approximate surface area is 66.4 Å². The van der Waals surface area contributed by atoms with Gasteiger partial charge in [0, 0.05) is 1.37 Å². The van der Waals surface area contributed by atoms with E-state index in [9.17, 15) is 0 Å². The van der Waals surface area contributed by atoms with E-state index in [0.717, 1.165) is 18.3 Å². The molecule has 0 radical (unpaired) electrons. The van der Waals surface area contributed by atoms with Crippen LogP contribution in [0.1, 0.15) is 47.8 Å². The van der Waals surface area contributed by atoms with Crippen LogP contribution >= 0.6 is 0 Å². The Bertz CT molecular complexity index is 122. The molecule has 0 heterocycles. The Hall–Kier alpha value is 0. The summed E-state index contributed by atoms with van der Waals surface area (Å²) in [5, 5.41) is 0. The lowest BCUT2D eigenvalue weighted by atomic mass is 9.87. The van der Waals surface area contributed by atoms with E-state index >= 15 is 0 Å². The van der Waals surface area contributed by atoms with E-state index in [-0.39, 0.29) is 6.40 Å². The molecule has 0 spiro atoms. The molecule has 0 aromatic rings. The molecule has 1 rings (SSSR count).